The number of likely N-dealkylation sites (tertiary alicyclic amines) is 1. The Morgan fingerprint density at radius 1 is 1.57 bits per heavy atom. The Morgan fingerprint density at radius 2 is 2.36 bits per heavy atom. The number of carboxylic acids is 1. The summed E-state index contributed by atoms with van der Waals surface area (Å²) in [6.45, 7) is 3.18. The Kier molecular flexibility index (Phi) is 4.50. The number of hydrogen-bond acceptors (Lipinski definition) is 2. The van der Waals surface area contributed by atoms with Crippen molar-refractivity contribution in [3.8, 4) is 0 Å². The van der Waals surface area contributed by atoms with E-state index >= 15 is 0 Å². The second kappa shape index (κ2) is 5.68. The Morgan fingerprint density at radius 3 is 3.00 bits per heavy atom. The summed E-state index contributed by atoms with van der Waals surface area (Å²) in [5, 5.41) is 8.55. The molecule has 3 heteroatoms. The van der Waals surface area contributed by atoms with Gasteiger partial charge in [-0.15, -0.1) is 0 Å². The van der Waals surface area contributed by atoms with Crippen LogP contribution in [0.25, 0.3) is 0 Å². The minimum absolute atomic E-state index is 0.560. The second-order valence-corrected chi connectivity index (χ2v) is 3.83. The normalized spacial score (nSPS) is 22.9. The lowest BCUT2D eigenvalue weighted by molar-refractivity contribution is -0.131. The standard InChI is InChI=1S/C11H19NO2/c1-2-5-10-6-3-4-8-12(10)9-7-11(13)14/h7,9-10H,2-6,8H2,1H3,(H,13,14)/b9-7+. The quantitative estimate of drug-likeness (QED) is 0.703. The molecule has 3 nitrogen and oxygen atoms in total. The molecule has 0 radical (unpaired) electrons. The van der Waals surface area contributed by atoms with Gasteiger partial charge < -0.3 is 10.0 Å². The first-order valence-corrected chi connectivity index (χ1v) is 5.41. The molecule has 14 heavy (non-hydrogen) atoms. The van der Waals surface area contributed by atoms with E-state index in [1.807, 2.05) is 0 Å². The summed E-state index contributed by atoms with van der Waals surface area (Å²) < 4.78 is 0. The van der Waals surface area contributed by atoms with Gasteiger partial charge in [0.05, 0.1) is 0 Å². The summed E-state index contributed by atoms with van der Waals surface area (Å²) in [7, 11) is 0. The number of aliphatic carboxylic acids is 1. The maximum Gasteiger partial charge on any atom is 0.329 e. The maximum atomic E-state index is 10.4. The van der Waals surface area contributed by atoms with Gasteiger partial charge in [-0.05, 0) is 25.7 Å². The lowest BCUT2D eigenvalue weighted by Crippen LogP contribution is -2.35. The smallest absolute Gasteiger partial charge is 0.329 e. The van der Waals surface area contributed by atoms with Crippen LogP contribution < -0.4 is 0 Å². The molecular weight excluding hydrogens is 178 g/mol. The number of hydrogen-bond donors (Lipinski definition) is 1. The SMILES string of the molecule is CCCC1CCCCN1/C=C/C(=O)O. The van der Waals surface area contributed by atoms with E-state index in [0.717, 1.165) is 6.54 Å². The lowest BCUT2D eigenvalue weighted by Gasteiger charge is -2.34. The van der Waals surface area contributed by atoms with Crippen LogP contribution in [0.5, 0.6) is 0 Å². The van der Waals surface area contributed by atoms with Crippen LogP contribution in [0.1, 0.15) is 39.0 Å². The Balaban J connectivity index is 2.49. The van der Waals surface area contributed by atoms with Crippen molar-refractivity contribution < 1.29 is 9.90 Å². The molecule has 80 valence electrons. The summed E-state index contributed by atoms with van der Waals surface area (Å²) >= 11 is 0. The molecule has 1 atom stereocenters. The van der Waals surface area contributed by atoms with Crippen molar-refractivity contribution in [3.63, 3.8) is 0 Å². The average molecular weight is 197 g/mol. The molecule has 0 saturated carbocycles. The molecule has 1 N–H and O–H groups in total. The molecule has 1 saturated heterocycles. The highest BCUT2D eigenvalue weighted by Crippen LogP contribution is 2.20. The van der Waals surface area contributed by atoms with Crippen LogP contribution in [0.2, 0.25) is 0 Å². The first-order chi connectivity index (χ1) is 6.74. The highest BCUT2D eigenvalue weighted by Gasteiger charge is 2.18. The number of nitrogens with zero attached hydrogens (tertiary/aromatic N) is 1. The van der Waals surface area contributed by atoms with Crippen molar-refractivity contribution in [2.24, 2.45) is 0 Å². The van der Waals surface area contributed by atoms with Crippen molar-refractivity contribution in [3.05, 3.63) is 12.3 Å². The highest BCUT2D eigenvalue weighted by molar-refractivity contribution is 5.79. The molecule has 1 aliphatic rings. The van der Waals surface area contributed by atoms with Crippen LogP contribution >= 0.6 is 0 Å². The maximum absolute atomic E-state index is 10.4. The molecule has 0 aromatic carbocycles. The van der Waals surface area contributed by atoms with Gasteiger partial charge in [-0.2, -0.15) is 0 Å². The van der Waals surface area contributed by atoms with E-state index in [1.165, 1.54) is 38.2 Å². The van der Waals surface area contributed by atoms with Crippen LogP contribution in [0.3, 0.4) is 0 Å². The molecule has 1 rings (SSSR count). The third-order valence-corrected chi connectivity index (χ3v) is 2.70. The Hall–Kier alpha value is -0.990. The van der Waals surface area contributed by atoms with E-state index in [1.54, 1.807) is 6.20 Å². The molecule has 0 aromatic heterocycles. The van der Waals surface area contributed by atoms with Crippen LogP contribution in [-0.2, 0) is 4.79 Å². The number of carbonyl (C=O) groups is 1. The summed E-state index contributed by atoms with van der Waals surface area (Å²) in [4.78, 5) is 12.6. The Bertz CT molecular complexity index is 211. The molecule has 1 heterocycles. The van der Waals surface area contributed by atoms with Crippen LogP contribution in [0.15, 0.2) is 12.3 Å². The monoisotopic (exact) mass is 197 g/mol. The third kappa shape index (κ3) is 3.40. The molecular formula is C11H19NO2. The molecule has 1 unspecified atom stereocenters. The fraction of sp³-hybridized carbons (Fsp3) is 0.727. The summed E-state index contributed by atoms with van der Waals surface area (Å²) in [5.41, 5.74) is 0. The fourth-order valence-electron chi connectivity index (χ4n) is 2.02. The Labute approximate surface area is 85.4 Å². The van der Waals surface area contributed by atoms with Crippen LogP contribution in [0, 0.1) is 0 Å². The molecule has 0 spiro atoms. The van der Waals surface area contributed by atoms with Crippen molar-refractivity contribution in [1.82, 2.24) is 4.90 Å². The first kappa shape index (κ1) is 11.1. The minimum atomic E-state index is -0.856. The zero-order valence-electron chi connectivity index (χ0n) is 8.78. The fourth-order valence-corrected chi connectivity index (χ4v) is 2.02. The van der Waals surface area contributed by atoms with E-state index in [9.17, 15) is 4.79 Å². The molecule has 0 bridgehead atoms. The largest absolute Gasteiger partial charge is 0.478 e. The second-order valence-electron chi connectivity index (χ2n) is 3.83. The van der Waals surface area contributed by atoms with Crippen LogP contribution in [-0.4, -0.2) is 28.6 Å². The summed E-state index contributed by atoms with van der Waals surface area (Å²) in [6, 6.07) is 0.560. The van der Waals surface area contributed by atoms with E-state index in [4.69, 9.17) is 5.11 Å². The van der Waals surface area contributed by atoms with E-state index < -0.39 is 5.97 Å². The van der Waals surface area contributed by atoms with E-state index in [2.05, 4.69) is 11.8 Å². The summed E-state index contributed by atoms with van der Waals surface area (Å²) in [6.07, 6.45) is 8.99. The third-order valence-electron chi connectivity index (χ3n) is 2.70. The van der Waals surface area contributed by atoms with E-state index in [0.29, 0.717) is 6.04 Å². The van der Waals surface area contributed by atoms with Gasteiger partial charge in [-0.1, -0.05) is 13.3 Å². The number of carboxylic acid groups (broad SMARTS) is 1. The van der Waals surface area contributed by atoms with Gasteiger partial charge in [-0.3, -0.25) is 0 Å². The predicted molar refractivity (Wildman–Crippen MR) is 56.0 cm³/mol. The van der Waals surface area contributed by atoms with Gasteiger partial charge in [0.25, 0.3) is 0 Å². The lowest BCUT2D eigenvalue weighted by atomic mass is 9.99. The number of piperidine rings is 1. The average Bonchev–Trinajstić information content (AvgIpc) is 2.17. The van der Waals surface area contributed by atoms with E-state index in [-0.39, 0.29) is 0 Å². The molecule has 0 amide bonds. The van der Waals surface area contributed by atoms with Gasteiger partial charge >= 0.3 is 5.97 Å². The van der Waals surface area contributed by atoms with Crippen molar-refractivity contribution >= 4 is 5.97 Å². The van der Waals surface area contributed by atoms with Gasteiger partial charge in [0, 0.05) is 24.9 Å². The number of rotatable bonds is 4. The minimum Gasteiger partial charge on any atom is -0.478 e. The first-order valence-electron chi connectivity index (χ1n) is 5.41. The zero-order chi connectivity index (χ0) is 10.4. The molecule has 1 fully saturated rings. The van der Waals surface area contributed by atoms with Crippen molar-refractivity contribution in [2.75, 3.05) is 6.54 Å². The van der Waals surface area contributed by atoms with Crippen molar-refractivity contribution in [1.29, 1.82) is 0 Å². The van der Waals surface area contributed by atoms with Gasteiger partial charge in [0.15, 0.2) is 0 Å². The summed E-state index contributed by atoms with van der Waals surface area (Å²) in [5.74, 6) is -0.856. The topological polar surface area (TPSA) is 40.5 Å². The highest BCUT2D eigenvalue weighted by atomic mass is 16.4. The molecule has 0 aromatic rings. The zero-order valence-corrected chi connectivity index (χ0v) is 8.78. The molecule has 0 aliphatic carbocycles. The van der Waals surface area contributed by atoms with Crippen LogP contribution in [0.4, 0.5) is 0 Å². The molecule has 1 aliphatic heterocycles. The van der Waals surface area contributed by atoms with Crippen molar-refractivity contribution in [2.45, 2.75) is 45.1 Å². The van der Waals surface area contributed by atoms with Gasteiger partial charge in [0.1, 0.15) is 0 Å². The van der Waals surface area contributed by atoms with Gasteiger partial charge in [-0.25, -0.2) is 4.79 Å². The van der Waals surface area contributed by atoms with Gasteiger partial charge in [0.2, 0.25) is 0 Å². The predicted octanol–water partition coefficient (Wildman–Crippen LogP) is 2.24.